The Morgan fingerprint density at radius 2 is 2.00 bits per heavy atom. The average Bonchev–Trinajstić information content (AvgIpc) is 2.46. The fourth-order valence-corrected chi connectivity index (χ4v) is 4.13. The van der Waals surface area contributed by atoms with Gasteiger partial charge in [-0.05, 0) is 18.6 Å². The lowest BCUT2D eigenvalue weighted by Crippen LogP contribution is -2.59. The summed E-state index contributed by atoms with van der Waals surface area (Å²) in [6, 6.07) is 5.50. The normalized spacial score (nSPS) is 20.2. The third-order valence-corrected chi connectivity index (χ3v) is 5.25. The Morgan fingerprint density at radius 1 is 1.33 bits per heavy atom. The number of hydrogen-bond donors (Lipinski definition) is 2. The largest absolute Gasteiger partial charge is 0.387 e. The number of carbonyl (C=O) groups is 2. The number of imide groups is 1. The summed E-state index contributed by atoms with van der Waals surface area (Å²) in [6.45, 7) is 1.34. The predicted molar refractivity (Wildman–Crippen MR) is 77.1 cm³/mol. The van der Waals surface area contributed by atoms with Crippen LogP contribution in [0.25, 0.3) is 0 Å². The van der Waals surface area contributed by atoms with Gasteiger partial charge in [-0.15, -0.1) is 0 Å². The fourth-order valence-electron chi connectivity index (χ4n) is 2.31. The first-order valence-electron chi connectivity index (χ1n) is 6.54. The van der Waals surface area contributed by atoms with E-state index in [0.717, 1.165) is 4.31 Å². The van der Waals surface area contributed by atoms with E-state index in [1.165, 1.54) is 6.07 Å². The van der Waals surface area contributed by atoms with Crippen LogP contribution in [0.4, 0.5) is 5.69 Å². The SMILES string of the molecule is CCC1C(=O)NC(=O)CN1S(=O)(=O)c1ccccc1NC. The number of anilines is 1. The van der Waals surface area contributed by atoms with Gasteiger partial charge in [0.2, 0.25) is 21.8 Å². The molecule has 0 saturated carbocycles. The molecule has 2 rings (SSSR count). The molecule has 2 N–H and O–H groups in total. The zero-order valence-corrected chi connectivity index (χ0v) is 12.6. The van der Waals surface area contributed by atoms with E-state index in [2.05, 4.69) is 10.6 Å². The lowest BCUT2D eigenvalue weighted by Gasteiger charge is -2.32. The fraction of sp³-hybridized carbons (Fsp3) is 0.385. The van der Waals surface area contributed by atoms with Crippen molar-refractivity contribution < 1.29 is 18.0 Å². The minimum absolute atomic E-state index is 0.0495. The second-order valence-electron chi connectivity index (χ2n) is 4.63. The van der Waals surface area contributed by atoms with Crippen LogP contribution < -0.4 is 10.6 Å². The van der Waals surface area contributed by atoms with Gasteiger partial charge in [-0.2, -0.15) is 4.31 Å². The lowest BCUT2D eigenvalue weighted by molar-refractivity contribution is -0.137. The van der Waals surface area contributed by atoms with Gasteiger partial charge >= 0.3 is 0 Å². The van der Waals surface area contributed by atoms with Crippen molar-refractivity contribution in [1.82, 2.24) is 9.62 Å². The maximum absolute atomic E-state index is 12.8. The van der Waals surface area contributed by atoms with E-state index >= 15 is 0 Å². The molecular formula is C13H17N3O4S. The molecule has 2 amide bonds. The highest BCUT2D eigenvalue weighted by molar-refractivity contribution is 7.89. The van der Waals surface area contributed by atoms with Crippen LogP contribution in [-0.2, 0) is 19.6 Å². The van der Waals surface area contributed by atoms with Crippen LogP contribution in [0.1, 0.15) is 13.3 Å². The molecule has 1 aromatic rings. The Kier molecular flexibility index (Phi) is 4.29. The molecule has 8 heteroatoms. The van der Waals surface area contributed by atoms with Crippen molar-refractivity contribution in [2.75, 3.05) is 18.9 Å². The molecule has 1 aromatic carbocycles. The molecule has 0 aliphatic carbocycles. The molecule has 1 atom stereocenters. The molecule has 1 saturated heterocycles. The number of carbonyl (C=O) groups excluding carboxylic acids is 2. The predicted octanol–water partition coefficient (Wildman–Crippen LogP) is 0.154. The molecule has 0 spiro atoms. The monoisotopic (exact) mass is 311 g/mol. The number of sulfonamides is 1. The number of hydrogen-bond acceptors (Lipinski definition) is 5. The molecule has 0 aromatic heterocycles. The smallest absolute Gasteiger partial charge is 0.246 e. The molecule has 114 valence electrons. The van der Waals surface area contributed by atoms with Crippen LogP contribution >= 0.6 is 0 Å². The summed E-state index contributed by atoms with van der Waals surface area (Å²) >= 11 is 0. The average molecular weight is 311 g/mol. The van der Waals surface area contributed by atoms with E-state index in [1.54, 1.807) is 32.2 Å². The van der Waals surface area contributed by atoms with Gasteiger partial charge in [0.1, 0.15) is 10.9 Å². The quantitative estimate of drug-likeness (QED) is 0.772. The van der Waals surface area contributed by atoms with Crippen LogP contribution in [0.3, 0.4) is 0 Å². The molecule has 0 radical (unpaired) electrons. The van der Waals surface area contributed by atoms with Crippen molar-refractivity contribution in [1.29, 1.82) is 0 Å². The second kappa shape index (κ2) is 5.82. The molecule has 1 fully saturated rings. The number of para-hydroxylation sites is 1. The van der Waals surface area contributed by atoms with Gasteiger partial charge in [-0.1, -0.05) is 19.1 Å². The number of benzene rings is 1. The zero-order valence-electron chi connectivity index (χ0n) is 11.8. The van der Waals surface area contributed by atoms with E-state index in [-0.39, 0.29) is 11.4 Å². The highest BCUT2D eigenvalue weighted by atomic mass is 32.2. The van der Waals surface area contributed by atoms with Crippen molar-refractivity contribution >= 4 is 27.5 Å². The molecule has 21 heavy (non-hydrogen) atoms. The maximum Gasteiger partial charge on any atom is 0.246 e. The summed E-state index contributed by atoms with van der Waals surface area (Å²) in [5, 5.41) is 4.97. The maximum atomic E-state index is 12.8. The van der Waals surface area contributed by atoms with E-state index < -0.39 is 27.9 Å². The van der Waals surface area contributed by atoms with Gasteiger partial charge in [-0.25, -0.2) is 8.42 Å². The summed E-state index contributed by atoms with van der Waals surface area (Å²) in [6.07, 6.45) is 0.292. The summed E-state index contributed by atoms with van der Waals surface area (Å²) in [4.78, 5) is 23.4. The summed E-state index contributed by atoms with van der Waals surface area (Å²) in [7, 11) is -2.33. The van der Waals surface area contributed by atoms with Crippen molar-refractivity contribution in [2.45, 2.75) is 24.3 Å². The third kappa shape index (κ3) is 2.77. The Morgan fingerprint density at radius 3 is 2.62 bits per heavy atom. The van der Waals surface area contributed by atoms with Crippen molar-refractivity contribution in [3.8, 4) is 0 Å². The molecule has 7 nitrogen and oxygen atoms in total. The van der Waals surface area contributed by atoms with Gasteiger partial charge in [0.15, 0.2) is 0 Å². The van der Waals surface area contributed by atoms with E-state index in [1.807, 2.05) is 0 Å². The van der Waals surface area contributed by atoms with Crippen LogP contribution in [0, 0.1) is 0 Å². The lowest BCUT2D eigenvalue weighted by atomic mass is 10.2. The van der Waals surface area contributed by atoms with Crippen LogP contribution in [-0.4, -0.2) is 44.2 Å². The Balaban J connectivity index is 2.51. The summed E-state index contributed by atoms with van der Waals surface area (Å²) < 4.78 is 26.5. The summed E-state index contributed by atoms with van der Waals surface area (Å²) in [5.74, 6) is -1.20. The van der Waals surface area contributed by atoms with Gasteiger partial charge in [-0.3, -0.25) is 14.9 Å². The topological polar surface area (TPSA) is 95.6 Å². The number of nitrogens with one attached hydrogen (secondary N) is 2. The van der Waals surface area contributed by atoms with Gasteiger partial charge < -0.3 is 5.32 Å². The van der Waals surface area contributed by atoms with Gasteiger partial charge in [0, 0.05) is 7.05 Å². The first-order chi connectivity index (χ1) is 9.91. The van der Waals surface area contributed by atoms with Crippen molar-refractivity contribution in [3.63, 3.8) is 0 Å². The molecule has 1 heterocycles. The molecule has 1 unspecified atom stereocenters. The van der Waals surface area contributed by atoms with Gasteiger partial charge in [0.25, 0.3) is 0 Å². The Bertz CT molecular complexity index is 672. The first kappa shape index (κ1) is 15.5. The number of rotatable bonds is 4. The highest BCUT2D eigenvalue weighted by Gasteiger charge is 2.41. The van der Waals surface area contributed by atoms with E-state index in [0.29, 0.717) is 12.1 Å². The van der Waals surface area contributed by atoms with Crippen LogP contribution in [0.5, 0.6) is 0 Å². The minimum Gasteiger partial charge on any atom is -0.387 e. The molecular weight excluding hydrogens is 294 g/mol. The number of amides is 2. The standard InChI is InChI=1S/C13H17N3O4S/c1-3-10-13(18)15-12(17)8-16(10)21(19,20)11-7-5-4-6-9(11)14-2/h4-7,10,14H,3,8H2,1-2H3,(H,15,17,18). The Labute approximate surface area is 123 Å². The van der Waals surface area contributed by atoms with Crippen molar-refractivity contribution in [3.05, 3.63) is 24.3 Å². The van der Waals surface area contributed by atoms with E-state index in [9.17, 15) is 18.0 Å². The van der Waals surface area contributed by atoms with Crippen LogP contribution in [0.15, 0.2) is 29.2 Å². The first-order valence-corrected chi connectivity index (χ1v) is 7.98. The van der Waals surface area contributed by atoms with Crippen LogP contribution in [0.2, 0.25) is 0 Å². The molecule has 1 aliphatic heterocycles. The third-order valence-electron chi connectivity index (χ3n) is 3.34. The van der Waals surface area contributed by atoms with E-state index in [4.69, 9.17) is 0 Å². The number of nitrogens with zero attached hydrogens (tertiary/aromatic N) is 1. The van der Waals surface area contributed by atoms with Gasteiger partial charge in [0.05, 0.1) is 12.2 Å². The van der Waals surface area contributed by atoms with Crippen molar-refractivity contribution in [2.24, 2.45) is 0 Å². The minimum atomic E-state index is -3.94. The molecule has 0 bridgehead atoms. The number of piperazine rings is 1. The highest BCUT2D eigenvalue weighted by Crippen LogP contribution is 2.27. The summed E-state index contributed by atoms with van der Waals surface area (Å²) in [5.41, 5.74) is 0.422. The second-order valence-corrected chi connectivity index (χ2v) is 6.49. The Hall–Kier alpha value is -1.93. The molecule has 1 aliphatic rings. The zero-order chi connectivity index (χ0) is 15.6.